The molecule has 0 saturated heterocycles. The highest BCUT2D eigenvalue weighted by Crippen LogP contribution is 2.29. The number of aromatic nitrogens is 2. The highest BCUT2D eigenvalue weighted by molar-refractivity contribution is 5.97. The van der Waals surface area contributed by atoms with E-state index in [1.54, 1.807) is 19.1 Å². The lowest BCUT2D eigenvalue weighted by Gasteiger charge is -2.21. The van der Waals surface area contributed by atoms with Crippen LogP contribution in [0.2, 0.25) is 0 Å². The summed E-state index contributed by atoms with van der Waals surface area (Å²) in [7, 11) is 0. The highest BCUT2D eigenvalue weighted by atomic mass is 16.6. The van der Waals surface area contributed by atoms with Gasteiger partial charge in [0.1, 0.15) is 11.4 Å². The van der Waals surface area contributed by atoms with Crippen molar-refractivity contribution >= 4 is 28.7 Å². The molecule has 0 fully saturated rings. The Morgan fingerprint density at radius 3 is 2.28 bits per heavy atom. The number of nitrogens with zero attached hydrogens (tertiary/aromatic N) is 2. The first-order valence-electron chi connectivity index (χ1n) is 16.1. The molecule has 0 aliphatic carbocycles. The van der Waals surface area contributed by atoms with Crippen molar-refractivity contribution in [2.24, 2.45) is 0 Å². The molecule has 0 aliphatic heterocycles. The maximum Gasteiger partial charge on any atom is 0.339 e. The number of nitrogens with one attached hydrogen (secondary N) is 1. The number of fused-ring (bicyclic) bond motifs is 1. The number of hydrogen-bond donors (Lipinski definition) is 1. The lowest BCUT2D eigenvalue weighted by Crippen LogP contribution is -2.24. The molecule has 7 heteroatoms. The first kappa shape index (κ1) is 32.5. The highest BCUT2D eigenvalue weighted by Gasteiger charge is 2.22. The van der Waals surface area contributed by atoms with Gasteiger partial charge in [0, 0.05) is 25.2 Å². The second-order valence-corrected chi connectivity index (χ2v) is 12.4. The summed E-state index contributed by atoms with van der Waals surface area (Å²) in [5.41, 5.74) is 7.29. The first-order valence-corrected chi connectivity index (χ1v) is 16.1. The number of rotatable bonds is 12. The molecular weight excluding hydrogens is 574 g/mol. The SMILES string of the molecule is CCCCc1nc2ccc(NCc3ccc(C(=O)OCC)cc3)cc2n1Cc1ccc(-c2ccccc2)c(C(=O)OC(C)(C)C)c1. The first-order chi connectivity index (χ1) is 22.1. The average molecular weight is 618 g/mol. The minimum atomic E-state index is -0.610. The van der Waals surface area contributed by atoms with Gasteiger partial charge in [-0.15, -0.1) is 0 Å². The third-order valence-electron chi connectivity index (χ3n) is 7.67. The van der Waals surface area contributed by atoms with Crippen LogP contribution in [-0.4, -0.2) is 33.7 Å². The smallest absolute Gasteiger partial charge is 0.339 e. The summed E-state index contributed by atoms with van der Waals surface area (Å²) in [6.45, 7) is 11.2. The molecule has 5 aromatic rings. The van der Waals surface area contributed by atoms with E-state index in [0.717, 1.165) is 64.1 Å². The summed E-state index contributed by atoms with van der Waals surface area (Å²) in [6.07, 6.45) is 2.97. The second kappa shape index (κ2) is 14.5. The zero-order valence-corrected chi connectivity index (χ0v) is 27.4. The molecule has 238 valence electrons. The largest absolute Gasteiger partial charge is 0.462 e. The van der Waals surface area contributed by atoms with E-state index >= 15 is 0 Å². The Balaban J connectivity index is 1.45. The summed E-state index contributed by atoms with van der Waals surface area (Å²) in [5.74, 6) is 0.374. The number of anilines is 1. The van der Waals surface area contributed by atoms with Crippen molar-refractivity contribution in [2.45, 2.75) is 72.6 Å². The molecule has 0 unspecified atom stereocenters. The van der Waals surface area contributed by atoms with Crippen molar-refractivity contribution in [2.75, 3.05) is 11.9 Å². The number of unbranched alkanes of at least 4 members (excludes halogenated alkanes) is 1. The van der Waals surface area contributed by atoms with Crippen LogP contribution in [0.15, 0.2) is 91.0 Å². The van der Waals surface area contributed by atoms with Gasteiger partial charge in [-0.2, -0.15) is 0 Å². The van der Waals surface area contributed by atoms with Crippen molar-refractivity contribution in [1.29, 1.82) is 0 Å². The third-order valence-corrected chi connectivity index (χ3v) is 7.67. The maximum absolute atomic E-state index is 13.5. The van der Waals surface area contributed by atoms with E-state index in [9.17, 15) is 9.59 Å². The fourth-order valence-corrected chi connectivity index (χ4v) is 5.41. The van der Waals surface area contributed by atoms with E-state index in [4.69, 9.17) is 14.5 Å². The molecule has 1 N–H and O–H groups in total. The van der Waals surface area contributed by atoms with Gasteiger partial charge in [0.05, 0.1) is 28.8 Å². The normalized spacial score (nSPS) is 11.4. The number of carbonyl (C=O) groups is 2. The predicted molar refractivity (Wildman–Crippen MR) is 184 cm³/mol. The van der Waals surface area contributed by atoms with Gasteiger partial charge in [-0.3, -0.25) is 0 Å². The van der Waals surface area contributed by atoms with E-state index in [0.29, 0.717) is 30.8 Å². The van der Waals surface area contributed by atoms with Gasteiger partial charge >= 0.3 is 11.9 Å². The number of ether oxygens (including phenoxy) is 2. The topological polar surface area (TPSA) is 82.5 Å². The van der Waals surface area contributed by atoms with Crippen LogP contribution < -0.4 is 5.32 Å². The van der Waals surface area contributed by atoms with Gasteiger partial charge in [-0.05, 0) is 92.8 Å². The number of esters is 2. The zero-order chi connectivity index (χ0) is 32.7. The Labute approximate surface area is 271 Å². The summed E-state index contributed by atoms with van der Waals surface area (Å²) in [4.78, 5) is 30.5. The number of hydrogen-bond acceptors (Lipinski definition) is 6. The number of imidazole rings is 1. The van der Waals surface area contributed by atoms with Crippen LogP contribution in [0.3, 0.4) is 0 Å². The van der Waals surface area contributed by atoms with Crippen LogP contribution in [0.1, 0.15) is 85.1 Å². The summed E-state index contributed by atoms with van der Waals surface area (Å²) in [5, 5.41) is 3.52. The summed E-state index contributed by atoms with van der Waals surface area (Å²) >= 11 is 0. The third kappa shape index (κ3) is 8.02. The molecule has 7 nitrogen and oxygen atoms in total. The monoisotopic (exact) mass is 617 g/mol. The molecule has 0 amide bonds. The Hall–Kier alpha value is -4.91. The average Bonchev–Trinajstić information content (AvgIpc) is 3.38. The van der Waals surface area contributed by atoms with Gasteiger partial charge < -0.3 is 19.4 Å². The Bertz CT molecular complexity index is 1800. The molecule has 0 atom stereocenters. The molecule has 46 heavy (non-hydrogen) atoms. The second-order valence-electron chi connectivity index (χ2n) is 12.4. The zero-order valence-electron chi connectivity index (χ0n) is 27.4. The Morgan fingerprint density at radius 2 is 1.59 bits per heavy atom. The minimum Gasteiger partial charge on any atom is -0.462 e. The fraction of sp³-hybridized carbons (Fsp3) is 0.308. The van der Waals surface area contributed by atoms with Crippen LogP contribution in [0, 0.1) is 0 Å². The van der Waals surface area contributed by atoms with Gasteiger partial charge in [-0.25, -0.2) is 14.6 Å². The molecular formula is C39H43N3O4. The standard InChI is InChI=1S/C39H43N3O4/c1-6-8-14-36-41-34-22-20-31(40-25-27-15-18-30(19-16-27)37(43)45-7-2)24-35(34)42(36)26-28-17-21-32(29-12-10-9-11-13-29)33(23-28)38(44)46-39(3,4)5/h9-13,15-24,40H,6-8,14,25-26H2,1-5H3. The number of benzene rings is 4. The van der Waals surface area contributed by atoms with E-state index in [-0.39, 0.29) is 11.9 Å². The number of aryl methyl sites for hydroxylation is 1. The molecule has 0 saturated carbocycles. The van der Waals surface area contributed by atoms with Crippen LogP contribution in [0.25, 0.3) is 22.2 Å². The predicted octanol–water partition coefficient (Wildman–Crippen LogP) is 8.84. The van der Waals surface area contributed by atoms with E-state index < -0.39 is 5.60 Å². The van der Waals surface area contributed by atoms with Crippen molar-refractivity contribution in [3.05, 3.63) is 119 Å². The van der Waals surface area contributed by atoms with Crippen molar-refractivity contribution in [3.8, 4) is 11.1 Å². The van der Waals surface area contributed by atoms with E-state index in [1.807, 2.05) is 81.4 Å². The molecule has 0 bridgehead atoms. The molecule has 5 rings (SSSR count). The van der Waals surface area contributed by atoms with Crippen LogP contribution in [0.4, 0.5) is 5.69 Å². The van der Waals surface area contributed by atoms with Gasteiger partial charge in [0.25, 0.3) is 0 Å². The van der Waals surface area contributed by atoms with Crippen molar-refractivity contribution in [1.82, 2.24) is 9.55 Å². The lowest BCUT2D eigenvalue weighted by atomic mass is 9.97. The van der Waals surface area contributed by atoms with Gasteiger partial charge in [0.15, 0.2) is 0 Å². The summed E-state index contributed by atoms with van der Waals surface area (Å²) < 4.78 is 13.2. The van der Waals surface area contributed by atoms with Gasteiger partial charge in [0.2, 0.25) is 0 Å². The Kier molecular flexibility index (Phi) is 10.2. The molecule has 1 aromatic heterocycles. The minimum absolute atomic E-state index is 0.312. The van der Waals surface area contributed by atoms with E-state index in [2.05, 4.69) is 35.0 Å². The van der Waals surface area contributed by atoms with Crippen LogP contribution >= 0.6 is 0 Å². The molecule has 0 spiro atoms. The van der Waals surface area contributed by atoms with E-state index in [1.165, 1.54) is 0 Å². The quantitative estimate of drug-likeness (QED) is 0.141. The maximum atomic E-state index is 13.5. The molecule has 0 radical (unpaired) electrons. The van der Waals surface area contributed by atoms with Crippen LogP contribution in [-0.2, 0) is 29.0 Å². The summed E-state index contributed by atoms with van der Waals surface area (Å²) in [6, 6.07) is 29.7. The van der Waals surface area contributed by atoms with Crippen molar-refractivity contribution < 1.29 is 19.1 Å². The number of carbonyl (C=O) groups excluding carboxylic acids is 2. The van der Waals surface area contributed by atoms with Gasteiger partial charge in [-0.1, -0.05) is 67.9 Å². The van der Waals surface area contributed by atoms with Crippen molar-refractivity contribution in [3.63, 3.8) is 0 Å². The molecule has 4 aromatic carbocycles. The molecule has 1 heterocycles. The Morgan fingerprint density at radius 1 is 0.848 bits per heavy atom. The molecule has 0 aliphatic rings. The fourth-order valence-electron chi connectivity index (χ4n) is 5.41. The van der Waals surface area contributed by atoms with Crippen LogP contribution in [0.5, 0.6) is 0 Å². The lowest BCUT2D eigenvalue weighted by molar-refractivity contribution is 0.00700.